The lowest BCUT2D eigenvalue weighted by molar-refractivity contribution is 0.116. The summed E-state index contributed by atoms with van der Waals surface area (Å²) in [5.41, 5.74) is 3.23. The van der Waals surface area contributed by atoms with Crippen molar-refractivity contribution < 1.29 is 9.90 Å². The average Bonchev–Trinajstić information content (AvgIpc) is 3.37. The average molecular weight is 340 g/mol. The van der Waals surface area contributed by atoms with Gasteiger partial charge in [-0.15, -0.1) is 0 Å². The molecule has 0 saturated heterocycles. The van der Waals surface area contributed by atoms with Crippen molar-refractivity contribution in [1.29, 1.82) is 0 Å². The highest BCUT2D eigenvalue weighted by Gasteiger charge is 2.35. The Hall–Kier alpha value is -2.34. The summed E-state index contributed by atoms with van der Waals surface area (Å²) in [6.07, 6.45) is 5.89. The Labute approximate surface area is 147 Å². The molecule has 2 atom stereocenters. The third-order valence-corrected chi connectivity index (χ3v) is 5.15. The molecule has 2 aliphatic rings. The first-order valence-corrected chi connectivity index (χ1v) is 9.02. The van der Waals surface area contributed by atoms with Crippen molar-refractivity contribution in [1.82, 2.24) is 20.4 Å². The molecule has 2 aliphatic carbocycles. The largest absolute Gasteiger partial charge is 0.387 e. The third-order valence-electron chi connectivity index (χ3n) is 5.15. The molecular weight excluding hydrogens is 316 g/mol. The normalized spacial score (nSPS) is 20.6. The Kier molecular flexibility index (Phi) is 4.44. The zero-order chi connectivity index (χ0) is 17.2. The number of urea groups is 1. The van der Waals surface area contributed by atoms with Crippen molar-refractivity contribution in [2.75, 3.05) is 6.54 Å². The predicted octanol–water partition coefficient (Wildman–Crippen LogP) is 2.17. The summed E-state index contributed by atoms with van der Waals surface area (Å²) >= 11 is 0. The summed E-state index contributed by atoms with van der Waals surface area (Å²) in [5, 5.41) is 20.8. The molecule has 132 valence electrons. The molecule has 25 heavy (non-hydrogen) atoms. The summed E-state index contributed by atoms with van der Waals surface area (Å²) in [4.78, 5) is 14.6. The van der Waals surface area contributed by atoms with Gasteiger partial charge in [0.2, 0.25) is 0 Å². The van der Waals surface area contributed by atoms with Crippen LogP contribution in [0.4, 0.5) is 4.79 Å². The second-order valence-corrected chi connectivity index (χ2v) is 7.07. The number of hydrogen-bond acceptors (Lipinski definition) is 3. The minimum atomic E-state index is -0.653. The number of aliphatic hydroxyl groups excluding tert-OH is 1. The second kappa shape index (κ2) is 6.88. The molecule has 1 fully saturated rings. The van der Waals surface area contributed by atoms with Crippen LogP contribution in [0.2, 0.25) is 0 Å². The van der Waals surface area contributed by atoms with E-state index in [1.165, 1.54) is 11.3 Å². The monoisotopic (exact) mass is 340 g/mol. The van der Waals surface area contributed by atoms with Gasteiger partial charge in [-0.05, 0) is 43.2 Å². The van der Waals surface area contributed by atoms with Crippen LogP contribution >= 0.6 is 0 Å². The van der Waals surface area contributed by atoms with E-state index in [2.05, 4.69) is 15.5 Å². The summed E-state index contributed by atoms with van der Waals surface area (Å²) in [6.45, 7) is 0.337. The minimum absolute atomic E-state index is 0.0607. The van der Waals surface area contributed by atoms with Crippen molar-refractivity contribution in [3.63, 3.8) is 0 Å². The number of nitrogens with zero attached hydrogens (tertiary/aromatic N) is 2. The van der Waals surface area contributed by atoms with Crippen LogP contribution in [0.3, 0.4) is 0 Å². The highest BCUT2D eigenvalue weighted by atomic mass is 16.3. The fourth-order valence-corrected chi connectivity index (χ4v) is 3.55. The van der Waals surface area contributed by atoms with Crippen LogP contribution in [0.1, 0.15) is 42.2 Å². The zero-order valence-electron chi connectivity index (χ0n) is 14.2. The SMILES string of the molecule is O=C(N[C@@H]1CCc2[nH]ncc2C1)N(C[C@H](O)c1ccccc1)C1CC1. The van der Waals surface area contributed by atoms with E-state index in [-0.39, 0.29) is 18.1 Å². The topological polar surface area (TPSA) is 81.2 Å². The molecule has 6 nitrogen and oxygen atoms in total. The summed E-state index contributed by atoms with van der Waals surface area (Å²) in [5.74, 6) is 0. The van der Waals surface area contributed by atoms with Crippen molar-refractivity contribution in [3.05, 3.63) is 53.3 Å². The van der Waals surface area contributed by atoms with Crippen molar-refractivity contribution in [3.8, 4) is 0 Å². The summed E-state index contributed by atoms with van der Waals surface area (Å²) in [7, 11) is 0. The molecule has 0 radical (unpaired) electrons. The van der Waals surface area contributed by atoms with Gasteiger partial charge in [-0.3, -0.25) is 5.10 Å². The molecule has 2 aromatic rings. The lowest BCUT2D eigenvalue weighted by Crippen LogP contribution is -2.48. The van der Waals surface area contributed by atoms with Crippen LogP contribution in [-0.4, -0.2) is 44.9 Å². The summed E-state index contributed by atoms with van der Waals surface area (Å²) in [6, 6.07) is 9.86. The van der Waals surface area contributed by atoms with Crippen molar-refractivity contribution in [2.24, 2.45) is 0 Å². The van der Waals surface area contributed by atoms with E-state index in [1.807, 2.05) is 41.4 Å². The van der Waals surface area contributed by atoms with Gasteiger partial charge in [-0.2, -0.15) is 5.10 Å². The molecule has 0 bridgehead atoms. The van der Waals surface area contributed by atoms with Crippen molar-refractivity contribution >= 4 is 6.03 Å². The van der Waals surface area contributed by atoms with Gasteiger partial charge in [0.05, 0.1) is 18.8 Å². The number of H-pyrrole nitrogens is 1. The van der Waals surface area contributed by atoms with E-state index < -0.39 is 6.10 Å². The first-order valence-electron chi connectivity index (χ1n) is 9.02. The number of hydrogen-bond donors (Lipinski definition) is 3. The van der Waals surface area contributed by atoms with Gasteiger partial charge in [-0.25, -0.2) is 4.79 Å². The molecule has 1 aromatic heterocycles. The molecule has 2 amide bonds. The van der Waals surface area contributed by atoms with Crippen LogP contribution in [-0.2, 0) is 12.8 Å². The smallest absolute Gasteiger partial charge is 0.317 e. The molecule has 0 spiro atoms. The quantitative estimate of drug-likeness (QED) is 0.780. The fourth-order valence-electron chi connectivity index (χ4n) is 3.55. The maximum atomic E-state index is 12.8. The number of aromatic nitrogens is 2. The maximum Gasteiger partial charge on any atom is 0.317 e. The fraction of sp³-hybridized carbons (Fsp3) is 0.474. The lowest BCUT2D eigenvalue weighted by Gasteiger charge is -2.29. The highest BCUT2D eigenvalue weighted by Crippen LogP contribution is 2.29. The predicted molar refractivity (Wildman–Crippen MR) is 94.1 cm³/mol. The maximum absolute atomic E-state index is 12.8. The number of aryl methyl sites for hydroxylation is 1. The number of amides is 2. The number of carbonyl (C=O) groups excluding carboxylic acids is 1. The number of benzene rings is 1. The molecule has 1 saturated carbocycles. The molecule has 0 unspecified atom stereocenters. The highest BCUT2D eigenvalue weighted by molar-refractivity contribution is 5.75. The first-order chi connectivity index (χ1) is 12.2. The molecule has 0 aliphatic heterocycles. The van der Waals surface area contributed by atoms with Crippen LogP contribution in [0.15, 0.2) is 36.5 Å². The Morgan fingerprint density at radius 2 is 2.12 bits per heavy atom. The van der Waals surface area contributed by atoms with Crippen LogP contribution in [0, 0.1) is 0 Å². The van der Waals surface area contributed by atoms with Gasteiger partial charge in [0.25, 0.3) is 0 Å². The minimum Gasteiger partial charge on any atom is -0.387 e. The number of rotatable bonds is 5. The number of nitrogens with one attached hydrogen (secondary N) is 2. The van der Waals surface area contributed by atoms with E-state index in [9.17, 15) is 9.90 Å². The number of fused-ring (bicyclic) bond motifs is 1. The number of aromatic amines is 1. The van der Waals surface area contributed by atoms with Gasteiger partial charge >= 0.3 is 6.03 Å². The van der Waals surface area contributed by atoms with Gasteiger partial charge in [-0.1, -0.05) is 30.3 Å². The van der Waals surface area contributed by atoms with E-state index in [0.717, 1.165) is 37.7 Å². The Bertz CT molecular complexity index is 726. The number of aliphatic hydroxyl groups is 1. The molecule has 6 heteroatoms. The lowest BCUT2D eigenvalue weighted by atomic mass is 9.94. The van der Waals surface area contributed by atoms with Crippen molar-refractivity contribution in [2.45, 2.75) is 50.3 Å². The second-order valence-electron chi connectivity index (χ2n) is 7.07. The molecule has 1 aromatic carbocycles. The van der Waals surface area contributed by atoms with Gasteiger partial charge < -0.3 is 15.3 Å². The Morgan fingerprint density at radius 3 is 2.88 bits per heavy atom. The van der Waals surface area contributed by atoms with Crippen LogP contribution < -0.4 is 5.32 Å². The Balaban J connectivity index is 1.38. The molecule has 3 N–H and O–H groups in total. The van der Waals surface area contributed by atoms with E-state index in [0.29, 0.717) is 6.54 Å². The zero-order valence-corrected chi connectivity index (χ0v) is 14.2. The first kappa shape index (κ1) is 16.1. The van der Waals surface area contributed by atoms with E-state index in [1.54, 1.807) is 0 Å². The standard InChI is InChI=1S/C19H24N4O2/c24-18(13-4-2-1-3-5-13)12-23(16-7-8-16)19(25)21-15-6-9-17-14(10-15)11-20-22-17/h1-5,11,15-16,18,24H,6-10,12H2,(H,20,22)(H,21,25)/t15-,18+/m1/s1. The molecular formula is C19H24N4O2. The number of carbonyl (C=O) groups is 1. The third kappa shape index (κ3) is 3.69. The Morgan fingerprint density at radius 1 is 1.32 bits per heavy atom. The molecule has 1 heterocycles. The molecule has 4 rings (SSSR count). The van der Waals surface area contributed by atoms with Crippen LogP contribution in [0.25, 0.3) is 0 Å². The summed E-state index contributed by atoms with van der Waals surface area (Å²) < 4.78 is 0. The van der Waals surface area contributed by atoms with Gasteiger partial charge in [0.15, 0.2) is 0 Å². The van der Waals surface area contributed by atoms with Gasteiger partial charge in [0.1, 0.15) is 0 Å². The van der Waals surface area contributed by atoms with Crippen LogP contribution in [0.5, 0.6) is 0 Å². The van der Waals surface area contributed by atoms with E-state index >= 15 is 0 Å². The van der Waals surface area contributed by atoms with Gasteiger partial charge in [0, 0.05) is 17.8 Å². The van der Waals surface area contributed by atoms with E-state index in [4.69, 9.17) is 0 Å².